The third-order valence-corrected chi connectivity index (χ3v) is 5.84. The first-order chi connectivity index (χ1) is 14.5. The van der Waals surface area contributed by atoms with Crippen molar-refractivity contribution in [2.45, 2.75) is 38.6 Å². The smallest absolute Gasteiger partial charge is 0.340 e. The van der Waals surface area contributed by atoms with Crippen LogP contribution in [-0.2, 0) is 17.6 Å². The summed E-state index contributed by atoms with van der Waals surface area (Å²) in [6.07, 6.45) is 2.92. The number of carbonyl (C=O) groups is 1. The Morgan fingerprint density at radius 2 is 1.97 bits per heavy atom. The molecular weight excluding hydrogens is 382 g/mol. The molecule has 1 N–H and O–H groups in total. The highest BCUT2D eigenvalue weighted by Gasteiger charge is 2.23. The third-order valence-electron chi connectivity index (χ3n) is 5.84. The first-order valence-corrected chi connectivity index (χ1v) is 10.1. The van der Waals surface area contributed by atoms with Crippen molar-refractivity contribution in [1.29, 1.82) is 0 Å². The molecule has 3 aromatic rings. The maximum Gasteiger partial charge on any atom is 0.340 e. The van der Waals surface area contributed by atoms with Crippen molar-refractivity contribution in [3.63, 3.8) is 0 Å². The van der Waals surface area contributed by atoms with Crippen LogP contribution in [0.1, 0.15) is 41.1 Å². The second-order valence-electron chi connectivity index (χ2n) is 7.56. The van der Waals surface area contributed by atoms with Gasteiger partial charge in [0, 0.05) is 5.39 Å². The summed E-state index contributed by atoms with van der Waals surface area (Å²) in [6, 6.07) is 11.7. The summed E-state index contributed by atoms with van der Waals surface area (Å²) >= 11 is 0. The summed E-state index contributed by atoms with van der Waals surface area (Å²) in [4.78, 5) is 25.5. The standard InChI is InChI=1S/C24H25NO5/c1-14-16-11-12-20(28-2)23(29-3)22(16)30-24(27)18(14)13-21(26)25-19-10-6-8-15-7-4-5-9-17(15)19/h4-5,7,9,11-12,19H,6,8,10,13H2,1-3H3,(H,25,26)/t19-/m1/s1. The van der Waals surface area contributed by atoms with Crippen LogP contribution in [0.2, 0.25) is 0 Å². The minimum Gasteiger partial charge on any atom is -0.493 e. The predicted molar refractivity (Wildman–Crippen MR) is 114 cm³/mol. The molecule has 156 valence electrons. The number of aryl methyl sites for hydroxylation is 2. The molecule has 1 heterocycles. The van der Waals surface area contributed by atoms with Crippen LogP contribution in [0.25, 0.3) is 11.0 Å². The van der Waals surface area contributed by atoms with E-state index in [-0.39, 0.29) is 18.4 Å². The van der Waals surface area contributed by atoms with Crippen LogP contribution in [0.3, 0.4) is 0 Å². The maximum atomic E-state index is 12.8. The molecule has 1 atom stereocenters. The largest absolute Gasteiger partial charge is 0.493 e. The summed E-state index contributed by atoms with van der Waals surface area (Å²) in [6.45, 7) is 1.82. The zero-order valence-corrected chi connectivity index (χ0v) is 17.4. The predicted octanol–water partition coefficient (Wildman–Crippen LogP) is 3.85. The molecule has 0 saturated carbocycles. The summed E-state index contributed by atoms with van der Waals surface area (Å²) in [5.41, 5.74) is 3.29. The molecule has 0 fully saturated rings. The Bertz CT molecular complexity index is 1160. The number of rotatable bonds is 5. The van der Waals surface area contributed by atoms with Crippen LogP contribution in [0.15, 0.2) is 45.6 Å². The second kappa shape index (κ2) is 8.22. The molecule has 2 aromatic carbocycles. The molecule has 0 aliphatic heterocycles. The molecule has 0 saturated heterocycles. The number of hydrogen-bond acceptors (Lipinski definition) is 5. The van der Waals surface area contributed by atoms with E-state index in [1.165, 1.54) is 19.8 Å². The van der Waals surface area contributed by atoms with Gasteiger partial charge in [-0.05, 0) is 55.0 Å². The summed E-state index contributed by atoms with van der Waals surface area (Å²) in [5.74, 6) is 0.658. The van der Waals surface area contributed by atoms with Crippen LogP contribution in [0, 0.1) is 6.92 Å². The average Bonchev–Trinajstić information content (AvgIpc) is 2.76. The van der Waals surface area contributed by atoms with Gasteiger partial charge in [-0.1, -0.05) is 24.3 Å². The van der Waals surface area contributed by atoms with Crippen molar-refractivity contribution in [3.05, 3.63) is 69.1 Å². The van der Waals surface area contributed by atoms with Crippen LogP contribution in [-0.4, -0.2) is 20.1 Å². The molecule has 1 aliphatic rings. The first-order valence-electron chi connectivity index (χ1n) is 10.1. The van der Waals surface area contributed by atoms with E-state index in [1.54, 1.807) is 6.07 Å². The van der Waals surface area contributed by atoms with Crippen molar-refractivity contribution in [2.75, 3.05) is 14.2 Å². The quantitative estimate of drug-likeness (QED) is 0.650. The van der Waals surface area contributed by atoms with E-state index in [1.807, 2.05) is 25.1 Å². The number of nitrogens with one attached hydrogen (secondary N) is 1. The molecule has 1 amide bonds. The number of methoxy groups -OCH3 is 2. The lowest BCUT2D eigenvalue weighted by Gasteiger charge is -2.26. The van der Waals surface area contributed by atoms with Gasteiger partial charge in [0.1, 0.15) is 0 Å². The van der Waals surface area contributed by atoms with Gasteiger partial charge in [-0.15, -0.1) is 0 Å². The van der Waals surface area contributed by atoms with Gasteiger partial charge in [0.2, 0.25) is 11.7 Å². The van der Waals surface area contributed by atoms with Crippen LogP contribution in [0.4, 0.5) is 0 Å². The molecule has 6 heteroatoms. The number of amides is 1. The number of fused-ring (bicyclic) bond motifs is 2. The van der Waals surface area contributed by atoms with Crippen LogP contribution < -0.4 is 20.4 Å². The second-order valence-corrected chi connectivity index (χ2v) is 7.56. The SMILES string of the molecule is COc1ccc2c(C)c(CC(=O)N[C@@H]3CCCc4ccccc43)c(=O)oc2c1OC. The molecular formula is C24H25NO5. The van der Waals surface area contributed by atoms with Crippen LogP contribution >= 0.6 is 0 Å². The van der Waals surface area contributed by atoms with E-state index in [0.717, 1.165) is 30.2 Å². The zero-order chi connectivity index (χ0) is 21.3. The van der Waals surface area contributed by atoms with Crippen molar-refractivity contribution in [3.8, 4) is 11.5 Å². The fourth-order valence-corrected chi connectivity index (χ4v) is 4.28. The molecule has 0 radical (unpaired) electrons. The van der Waals surface area contributed by atoms with E-state index in [4.69, 9.17) is 13.9 Å². The van der Waals surface area contributed by atoms with E-state index in [9.17, 15) is 9.59 Å². The van der Waals surface area contributed by atoms with Crippen molar-refractivity contribution in [1.82, 2.24) is 5.32 Å². The monoisotopic (exact) mass is 407 g/mol. The van der Waals surface area contributed by atoms with E-state index in [0.29, 0.717) is 28.2 Å². The summed E-state index contributed by atoms with van der Waals surface area (Å²) in [5, 5.41) is 3.82. The fraction of sp³-hybridized carbons (Fsp3) is 0.333. The highest BCUT2D eigenvalue weighted by atomic mass is 16.5. The first kappa shape index (κ1) is 20.0. The Kier molecular flexibility index (Phi) is 5.48. The average molecular weight is 407 g/mol. The van der Waals surface area contributed by atoms with Gasteiger partial charge >= 0.3 is 5.63 Å². The lowest BCUT2D eigenvalue weighted by molar-refractivity contribution is -0.121. The molecule has 0 spiro atoms. The zero-order valence-electron chi connectivity index (χ0n) is 17.4. The molecule has 30 heavy (non-hydrogen) atoms. The number of carbonyl (C=O) groups excluding carboxylic acids is 1. The van der Waals surface area contributed by atoms with Gasteiger partial charge < -0.3 is 19.2 Å². The lowest BCUT2D eigenvalue weighted by Crippen LogP contribution is -2.33. The van der Waals surface area contributed by atoms with Gasteiger partial charge in [-0.25, -0.2) is 4.79 Å². The molecule has 4 rings (SSSR count). The highest BCUT2D eigenvalue weighted by Crippen LogP contribution is 2.36. The third kappa shape index (κ3) is 3.54. The van der Waals surface area contributed by atoms with Crippen molar-refractivity contribution >= 4 is 16.9 Å². The molecule has 1 aliphatic carbocycles. The Balaban J connectivity index is 1.63. The van der Waals surface area contributed by atoms with E-state index >= 15 is 0 Å². The van der Waals surface area contributed by atoms with Crippen molar-refractivity contribution < 1.29 is 18.7 Å². The minimum absolute atomic E-state index is 0.0281. The van der Waals surface area contributed by atoms with Crippen LogP contribution in [0.5, 0.6) is 11.5 Å². The molecule has 0 bridgehead atoms. The fourth-order valence-electron chi connectivity index (χ4n) is 4.28. The number of benzene rings is 2. The highest BCUT2D eigenvalue weighted by molar-refractivity contribution is 5.90. The lowest BCUT2D eigenvalue weighted by atomic mass is 9.87. The number of ether oxygens (including phenoxy) is 2. The van der Waals surface area contributed by atoms with E-state index < -0.39 is 5.63 Å². The Labute approximate surface area is 174 Å². The van der Waals surface area contributed by atoms with Gasteiger partial charge in [-0.2, -0.15) is 0 Å². The maximum absolute atomic E-state index is 12.8. The summed E-state index contributed by atoms with van der Waals surface area (Å²) in [7, 11) is 3.02. The Morgan fingerprint density at radius 1 is 1.17 bits per heavy atom. The topological polar surface area (TPSA) is 77.8 Å². The van der Waals surface area contributed by atoms with Gasteiger partial charge in [0.25, 0.3) is 0 Å². The van der Waals surface area contributed by atoms with Crippen molar-refractivity contribution in [2.24, 2.45) is 0 Å². The normalized spacial score (nSPS) is 15.5. The van der Waals surface area contributed by atoms with Gasteiger partial charge in [-0.3, -0.25) is 4.79 Å². The van der Waals surface area contributed by atoms with Gasteiger partial charge in [0.05, 0.1) is 32.2 Å². The summed E-state index contributed by atoms with van der Waals surface area (Å²) < 4.78 is 16.2. The Hall–Kier alpha value is -3.28. The Morgan fingerprint density at radius 3 is 2.73 bits per heavy atom. The van der Waals surface area contributed by atoms with E-state index in [2.05, 4.69) is 17.4 Å². The molecule has 0 unspecified atom stereocenters. The minimum atomic E-state index is -0.536. The number of hydrogen-bond donors (Lipinski definition) is 1. The van der Waals surface area contributed by atoms with Gasteiger partial charge in [0.15, 0.2) is 11.3 Å². The molecule has 1 aromatic heterocycles. The molecule has 6 nitrogen and oxygen atoms in total.